The van der Waals surface area contributed by atoms with Gasteiger partial charge in [0.15, 0.2) is 6.19 Å². The molecule has 1 heterocycles. The fraction of sp³-hybridized carbons (Fsp3) is 0.818. The van der Waals surface area contributed by atoms with Crippen LogP contribution in [0.5, 0.6) is 0 Å². The third kappa shape index (κ3) is 2.64. The van der Waals surface area contributed by atoms with Crippen molar-refractivity contribution in [3.8, 4) is 6.19 Å². The molecule has 5 nitrogen and oxygen atoms in total. The molecular weight excluding hydrogens is 208 g/mol. The molecule has 1 aliphatic heterocycles. The summed E-state index contributed by atoms with van der Waals surface area (Å²) in [7, 11) is 0. The lowest BCUT2D eigenvalue weighted by molar-refractivity contribution is -0.141. The molecule has 90 valence electrons. The molecule has 0 bridgehead atoms. The van der Waals surface area contributed by atoms with Crippen molar-refractivity contribution >= 4 is 5.97 Å². The Labute approximate surface area is 95.3 Å². The maximum absolute atomic E-state index is 10.9. The molecule has 1 rings (SSSR count). The molecule has 16 heavy (non-hydrogen) atoms. The van der Waals surface area contributed by atoms with E-state index in [0.29, 0.717) is 19.3 Å². The van der Waals surface area contributed by atoms with E-state index in [1.807, 2.05) is 20.0 Å². The minimum atomic E-state index is -0.939. The van der Waals surface area contributed by atoms with Crippen LogP contribution in [0.3, 0.4) is 0 Å². The predicted molar refractivity (Wildman–Crippen MR) is 57.4 cm³/mol. The number of carbonyl (C=O) groups is 1. The number of aliphatic hydroxyl groups is 1. The van der Waals surface area contributed by atoms with Gasteiger partial charge < -0.3 is 10.2 Å². The smallest absolute Gasteiger partial charge is 0.327 e. The van der Waals surface area contributed by atoms with Gasteiger partial charge in [-0.2, -0.15) is 5.26 Å². The van der Waals surface area contributed by atoms with Crippen LogP contribution in [-0.2, 0) is 4.79 Å². The number of nitrogens with zero attached hydrogens (tertiary/aromatic N) is 2. The Morgan fingerprint density at radius 1 is 1.56 bits per heavy atom. The van der Waals surface area contributed by atoms with Crippen LogP contribution in [0.2, 0.25) is 0 Å². The highest BCUT2D eigenvalue weighted by molar-refractivity contribution is 5.74. The van der Waals surface area contributed by atoms with Crippen molar-refractivity contribution in [1.82, 2.24) is 4.90 Å². The monoisotopic (exact) mass is 226 g/mol. The number of rotatable bonds is 4. The van der Waals surface area contributed by atoms with Gasteiger partial charge in [-0.1, -0.05) is 13.8 Å². The summed E-state index contributed by atoms with van der Waals surface area (Å²) in [4.78, 5) is 12.3. The standard InChI is InChI=1S/C11H18N2O3/c1-11(2,6-14)5-8-3-4-9(10(15)16)13(8)7-12/h8-9,14H,3-6H2,1-2H3,(H,15,16). The van der Waals surface area contributed by atoms with Gasteiger partial charge >= 0.3 is 5.97 Å². The minimum Gasteiger partial charge on any atom is -0.480 e. The Balaban J connectivity index is 2.71. The zero-order valence-corrected chi connectivity index (χ0v) is 9.68. The van der Waals surface area contributed by atoms with Crippen LogP contribution < -0.4 is 0 Å². The SMILES string of the molecule is CC(C)(CO)CC1CCC(C(=O)O)N1C#N. The van der Waals surface area contributed by atoms with Gasteiger partial charge in [-0.05, 0) is 24.7 Å². The summed E-state index contributed by atoms with van der Waals surface area (Å²) in [6.45, 7) is 3.87. The summed E-state index contributed by atoms with van der Waals surface area (Å²) in [5, 5.41) is 27.1. The van der Waals surface area contributed by atoms with Crippen molar-refractivity contribution in [3.63, 3.8) is 0 Å². The highest BCUT2D eigenvalue weighted by Crippen LogP contribution is 2.32. The van der Waals surface area contributed by atoms with Crippen LogP contribution in [0.15, 0.2) is 0 Å². The molecule has 0 aliphatic carbocycles. The lowest BCUT2D eigenvalue weighted by Crippen LogP contribution is -2.39. The zero-order valence-electron chi connectivity index (χ0n) is 9.68. The second-order valence-electron chi connectivity index (χ2n) is 5.12. The van der Waals surface area contributed by atoms with E-state index < -0.39 is 12.0 Å². The summed E-state index contributed by atoms with van der Waals surface area (Å²) in [6, 6.07) is -0.752. The molecule has 0 aromatic rings. The summed E-state index contributed by atoms with van der Waals surface area (Å²) < 4.78 is 0. The molecule has 0 spiro atoms. The topological polar surface area (TPSA) is 84.6 Å². The number of hydrogen-bond acceptors (Lipinski definition) is 4. The molecule has 0 aromatic carbocycles. The van der Waals surface area contributed by atoms with Gasteiger partial charge in [-0.15, -0.1) is 0 Å². The highest BCUT2D eigenvalue weighted by Gasteiger charge is 2.39. The largest absolute Gasteiger partial charge is 0.480 e. The Morgan fingerprint density at radius 3 is 2.62 bits per heavy atom. The van der Waals surface area contributed by atoms with E-state index in [1.54, 1.807) is 0 Å². The Kier molecular flexibility index (Phi) is 3.76. The number of likely N-dealkylation sites (tertiary alicyclic amines) is 1. The molecule has 5 heteroatoms. The second kappa shape index (κ2) is 4.71. The quantitative estimate of drug-likeness (QED) is 0.692. The average Bonchev–Trinajstić information content (AvgIpc) is 2.60. The van der Waals surface area contributed by atoms with Crippen LogP contribution in [0.1, 0.15) is 33.1 Å². The Morgan fingerprint density at radius 2 is 2.19 bits per heavy atom. The van der Waals surface area contributed by atoms with Gasteiger partial charge in [-0.3, -0.25) is 4.90 Å². The molecule has 2 atom stereocenters. The fourth-order valence-corrected chi connectivity index (χ4v) is 2.18. The summed E-state index contributed by atoms with van der Waals surface area (Å²) in [6.07, 6.45) is 3.81. The Bertz CT molecular complexity index is 309. The third-order valence-electron chi connectivity index (χ3n) is 3.12. The lowest BCUT2D eigenvalue weighted by atomic mass is 9.86. The van der Waals surface area contributed by atoms with E-state index in [9.17, 15) is 9.90 Å². The molecule has 1 saturated heterocycles. The maximum atomic E-state index is 10.9. The molecule has 0 radical (unpaired) electrons. The first-order valence-electron chi connectivity index (χ1n) is 5.43. The van der Waals surface area contributed by atoms with E-state index in [-0.39, 0.29) is 18.1 Å². The van der Waals surface area contributed by atoms with Crippen LogP contribution in [0.25, 0.3) is 0 Å². The van der Waals surface area contributed by atoms with Crippen LogP contribution in [-0.4, -0.2) is 39.8 Å². The lowest BCUT2D eigenvalue weighted by Gasteiger charge is -2.29. The van der Waals surface area contributed by atoms with Crippen molar-refractivity contribution in [2.24, 2.45) is 5.41 Å². The average molecular weight is 226 g/mol. The van der Waals surface area contributed by atoms with Crippen molar-refractivity contribution in [1.29, 1.82) is 5.26 Å². The van der Waals surface area contributed by atoms with Gasteiger partial charge in [0.25, 0.3) is 0 Å². The van der Waals surface area contributed by atoms with E-state index in [4.69, 9.17) is 10.4 Å². The normalized spacial score (nSPS) is 25.5. The van der Waals surface area contributed by atoms with Crippen molar-refractivity contribution in [2.75, 3.05) is 6.61 Å². The van der Waals surface area contributed by atoms with E-state index in [1.165, 1.54) is 4.90 Å². The van der Waals surface area contributed by atoms with Gasteiger partial charge in [0.2, 0.25) is 0 Å². The number of aliphatic hydroxyl groups excluding tert-OH is 1. The predicted octanol–water partition coefficient (Wildman–Crippen LogP) is 0.794. The number of aliphatic carboxylic acids is 1. The van der Waals surface area contributed by atoms with Crippen molar-refractivity contribution < 1.29 is 15.0 Å². The van der Waals surface area contributed by atoms with E-state index >= 15 is 0 Å². The molecule has 2 unspecified atom stereocenters. The number of carboxylic acids is 1. The molecule has 0 aromatic heterocycles. The third-order valence-corrected chi connectivity index (χ3v) is 3.12. The number of nitriles is 1. The Hall–Kier alpha value is -1.28. The first-order chi connectivity index (χ1) is 7.41. The van der Waals surface area contributed by atoms with Crippen molar-refractivity contribution in [3.05, 3.63) is 0 Å². The summed E-state index contributed by atoms with van der Waals surface area (Å²) in [5.74, 6) is -0.939. The van der Waals surface area contributed by atoms with Crippen LogP contribution >= 0.6 is 0 Å². The summed E-state index contributed by atoms with van der Waals surface area (Å²) in [5.41, 5.74) is -0.271. The van der Waals surface area contributed by atoms with Gasteiger partial charge in [0.05, 0.1) is 0 Å². The van der Waals surface area contributed by atoms with Gasteiger partial charge in [-0.25, -0.2) is 4.79 Å². The minimum absolute atomic E-state index is 0.0422. The maximum Gasteiger partial charge on any atom is 0.327 e. The van der Waals surface area contributed by atoms with Crippen molar-refractivity contribution in [2.45, 2.75) is 45.2 Å². The molecule has 0 saturated carbocycles. The molecule has 0 amide bonds. The first-order valence-corrected chi connectivity index (χ1v) is 5.43. The second-order valence-corrected chi connectivity index (χ2v) is 5.12. The van der Waals surface area contributed by atoms with Gasteiger partial charge in [0.1, 0.15) is 6.04 Å². The number of hydrogen-bond donors (Lipinski definition) is 2. The molecule has 1 aliphatic rings. The highest BCUT2D eigenvalue weighted by atomic mass is 16.4. The molecule has 1 fully saturated rings. The van der Waals surface area contributed by atoms with Crippen LogP contribution in [0, 0.1) is 16.9 Å². The molecular formula is C11H18N2O3. The number of carboxylic acid groups (broad SMARTS) is 1. The van der Waals surface area contributed by atoms with E-state index in [0.717, 1.165) is 0 Å². The summed E-state index contributed by atoms with van der Waals surface area (Å²) >= 11 is 0. The zero-order chi connectivity index (χ0) is 12.3. The van der Waals surface area contributed by atoms with E-state index in [2.05, 4.69) is 0 Å². The fourth-order valence-electron chi connectivity index (χ4n) is 2.18. The van der Waals surface area contributed by atoms with Gasteiger partial charge in [0, 0.05) is 12.6 Å². The first kappa shape index (κ1) is 12.8. The van der Waals surface area contributed by atoms with Crippen LogP contribution in [0.4, 0.5) is 0 Å². The molecule has 2 N–H and O–H groups in total.